The fourth-order valence-electron chi connectivity index (χ4n) is 1.64. The van der Waals surface area contributed by atoms with E-state index in [9.17, 15) is 4.79 Å². The number of carbonyl (C=O) groups is 1. The number of benzene rings is 1. The number of rotatable bonds is 4. The molecule has 1 amide bonds. The van der Waals surface area contributed by atoms with Crippen molar-refractivity contribution in [3.05, 3.63) is 46.0 Å². The molecule has 1 N–H and O–H groups in total. The van der Waals surface area contributed by atoms with Crippen LogP contribution in [-0.2, 0) is 11.2 Å². The van der Waals surface area contributed by atoms with Crippen molar-refractivity contribution in [2.45, 2.75) is 13.3 Å². The van der Waals surface area contributed by atoms with Crippen LogP contribution < -0.4 is 5.32 Å². The minimum absolute atomic E-state index is 0.357. The Balaban J connectivity index is 1.90. The monoisotopic (exact) mass is 310 g/mol. The molecule has 1 aliphatic rings. The van der Waals surface area contributed by atoms with Crippen LogP contribution in [0.2, 0.25) is 5.02 Å². The van der Waals surface area contributed by atoms with Gasteiger partial charge in [-0.1, -0.05) is 35.5 Å². The zero-order valence-corrected chi connectivity index (χ0v) is 12.6. The van der Waals surface area contributed by atoms with Crippen molar-refractivity contribution in [3.63, 3.8) is 0 Å². The summed E-state index contributed by atoms with van der Waals surface area (Å²) in [4.78, 5) is 15.8. The quantitative estimate of drug-likeness (QED) is 0.924. The Hall–Kier alpha value is -1.46. The topological polar surface area (TPSA) is 50.7 Å². The zero-order chi connectivity index (χ0) is 14.4. The van der Waals surface area contributed by atoms with Crippen LogP contribution in [0.5, 0.6) is 0 Å². The third kappa shape index (κ3) is 4.58. The highest BCUT2D eigenvalue weighted by Gasteiger charge is 2.13. The Morgan fingerprint density at radius 2 is 2.20 bits per heavy atom. The molecule has 0 aromatic heterocycles. The first-order valence-corrected chi connectivity index (χ1v) is 7.46. The predicted molar refractivity (Wildman–Crippen MR) is 83.3 cm³/mol. The maximum atomic E-state index is 11.4. The lowest BCUT2D eigenvalue weighted by molar-refractivity contribution is 0.156. The number of hydrogen-bond donors (Lipinski definition) is 1. The molecule has 0 saturated carbocycles. The molecule has 0 radical (unpaired) electrons. The van der Waals surface area contributed by atoms with Crippen LogP contribution in [0.4, 0.5) is 4.79 Å². The first-order chi connectivity index (χ1) is 9.67. The van der Waals surface area contributed by atoms with Crippen molar-refractivity contribution in [1.29, 1.82) is 0 Å². The van der Waals surface area contributed by atoms with E-state index < -0.39 is 6.09 Å². The van der Waals surface area contributed by atoms with E-state index in [1.54, 1.807) is 6.92 Å². The second-order valence-electron chi connectivity index (χ2n) is 4.05. The maximum absolute atomic E-state index is 11.4. The number of carbonyl (C=O) groups excluding carboxylic acids is 1. The van der Waals surface area contributed by atoms with Crippen molar-refractivity contribution in [1.82, 2.24) is 5.32 Å². The van der Waals surface area contributed by atoms with Crippen molar-refractivity contribution in [2.75, 3.05) is 13.2 Å². The van der Waals surface area contributed by atoms with E-state index in [4.69, 9.17) is 16.3 Å². The van der Waals surface area contributed by atoms with Gasteiger partial charge in [0, 0.05) is 11.4 Å². The summed E-state index contributed by atoms with van der Waals surface area (Å²) in [7, 11) is 0. The number of halogens is 1. The van der Waals surface area contributed by atoms with Gasteiger partial charge in [0.1, 0.15) is 0 Å². The summed E-state index contributed by atoms with van der Waals surface area (Å²) in [5.41, 5.74) is 1.14. The second-order valence-corrected chi connectivity index (χ2v) is 5.61. The molecule has 0 unspecified atom stereocenters. The van der Waals surface area contributed by atoms with Crippen LogP contribution in [0.15, 0.2) is 40.4 Å². The highest BCUT2D eigenvalue weighted by molar-refractivity contribution is 8.17. The molecular formula is C14H15ClN2O2S. The molecular weight excluding hydrogens is 296 g/mol. The average molecular weight is 311 g/mol. The van der Waals surface area contributed by atoms with Crippen molar-refractivity contribution in [3.8, 4) is 0 Å². The number of ether oxygens (including phenoxy) is 1. The number of aliphatic imine (C=N–C) groups is 1. The number of amides is 1. The predicted octanol–water partition coefficient (Wildman–Crippen LogP) is 3.62. The van der Waals surface area contributed by atoms with Gasteiger partial charge in [0.05, 0.1) is 23.2 Å². The van der Waals surface area contributed by atoms with Gasteiger partial charge in [0.15, 0.2) is 0 Å². The van der Waals surface area contributed by atoms with E-state index in [0.717, 1.165) is 27.1 Å². The first-order valence-electron chi connectivity index (χ1n) is 6.27. The van der Waals surface area contributed by atoms with Crippen LogP contribution >= 0.6 is 23.4 Å². The highest BCUT2D eigenvalue weighted by atomic mass is 35.5. The molecule has 0 saturated heterocycles. The van der Waals surface area contributed by atoms with E-state index in [1.807, 2.05) is 30.3 Å². The smallest absolute Gasteiger partial charge is 0.412 e. The summed E-state index contributed by atoms with van der Waals surface area (Å²) in [6.07, 6.45) is 2.16. The van der Waals surface area contributed by atoms with Gasteiger partial charge in [-0.2, -0.15) is 0 Å². The van der Waals surface area contributed by atoms with Crippen molar-refractivity contribution < 1.29 is 9.53 Å². The van der Waals surface area contributed by atoms with Gasteiger partial charge < -0.3 is 4.74 Å². The van der Waals surface area contributed by atoms with Crippen molar-refractivity contribution >= 4 is 34.5 Å². The minimum Gasteiger partial charge on any atom is -0.450 e. The summed E-state index contributed by atoms with van der Waals surface area (Å²) < 4.78 is 4.85. The maximum Gasteiger partial charge on any atom is 0.412 e. The number of nitrogens with zero attached hydrogens (tertiary/aromatic N) is 1. The van der Waals surface area contributed by atoms with E-state index in [0.29, 0.717) is 13.2 Å². The number of nitrogens with one attached hydrogen (secondary N) is 1. The lowest BCUT2D eigenvalue weighted by Gasteiger charge is -2.14. The molecule has 2 rings (SSSR count). The van der Waals surface area contributed by atoms with Crippen molar-refractivity contribution in [2.24, 2.45) is 4.99 Å². The lowest BCUT2D eigenvalue weighted by atomic mass is 10.2. The Morgan fingerprint density at radius 3 is 2.90 bits per heavy atom. The third-order valence-electron chi connectivity index (χ3n) is 2.54. The Labute approximate surface area is 127 Å². The standard InChI is InChI=1S/C14H15ClN2O2S/c1-2-19-14(18)17-12-7-8-16-13(20-12)9-10-3-5-11(15)6-4-10/h3-7H,2,8-9H2,1H3,(H,17,18). The van der Waals surface area contributed by atoms with Gasteiger partial charge in [0.25, 0.3) is 0 Å². The van der Waals surface area contributed by atoms with Gasteiger partial charge in [-0.3, -0.25) is 10.3 Å². The van der Waals surface area contributed by atoms with Gasteiger partial charge in [-0.15, -0.1) is 0 Å². The Morgan fingerprint density at radius 1 is 1.45 bits per heavy atom. The van der Waals surface area contributed by atoms with Gasteiger partial charge in [-0.05, 0) is 30.7 Å². The molecule has 1 aromatic carbocycles. The third-order valence-corrected chi connectivity index (χ3v) is 3.79. The SMILES string of the molecule is CCOC(=O)NC1=CCN=C(Cc2ccc(Cl)cc2)S1. The minimum atomic E-state index is -0.431. The van der Waals surface area contributed by atoms with E-state index in [2.05, 4.69) is 10.3 Å². The molecule has 1 aromatic rings. The van der Waals surface area contributed by atoms with Crippen LogP contribution in [0.1, 0.15) is 12.5 Å². The molecule has 4 nitrogen and oxygen atoms in total. The highest BCUT2D eigenvalue weighted by Crippen LogP contribution is 2.22. The number of hydrogen-bond acceptors (Lipinski definition) is 4. The zero-order valence-electron chi connectivity index (χ0n) is 11.1. The fraction of sp³-hybridized carbons (Fsp3) is 0.286. The molecule has 0 fully saturated rings. The Bertz CT molecular complexity index is 541. The molecule has 20 heavy (non-hydrogen) atoms. The van der Waals surface area contributed by atoms with E-state index >= 15 is 0 Å². The summed E-state index contributed by atoms with van der Waals surface area (Å²) in [6.45, 7) is 2.70. The van der Waals surface area contributed by atoms with E-state index in [-0.39, 0.29) is 0 Å². The molecule has 6 heteroatoms. The van der Waals surface area contributed by atoms with Crippen LogP contribution in [0.3, 0.4) is 0 Å². The molecule has 1 heterocycles. The molecule has 106 valence electrons. The number of thioether (sulfide) groups is 1. The first kappa shape index (κ1) is 14.9. The fourth-order valence-corrected chi connectivity index (χ4v) is 2.69. The second kappa shape index (κ2) is 7.36. The summed E-state index contributed by atoms with van der Waals surface area (Å²) >= 11 is 7.31. The van der Waals surface area contributed by atoms with Crippen LogP contribution in [-0.4, -0.2) is 24.3 Å². The largest absolute Gasteiger partial charge is 0.450 e. The van der Waals surface area contributed by atoms with E-state index in [1.165, 1.54) is 11.8 Å². The average Bonchev–Trinajstić information content (AvgIpc) is 2.42. The van der Waals surface area contributed by atoms with Crippen LogP contribution in [0.25, 0.3) is 0 Å². The Kier molecular flexibility index (Phi) is 5.49. The number of alkyl carbamates (subject to hydrolysis) is 1. The van der Waals surface area contributed by atoms with Gasteiger partial charge >= 0.3 is 6.09 Å². The molecule has 0 spiro atoms. The van der Waals surface area contributed by atoms with Gasteiger partial charge in [-0.25, -0.2) is 4.79 Å². The molecule has 0 aliphatic carbocycles. The van der Waals surface area contributed by atoms with Gasteiger partial charge in [0.2, 0.25) is 0 Å². The van der Waals surface area contributed by atoms with Crippen LogP contribution in [0, 0.1) is 0 Å². The summed E-state index contributed by atoms with van der Waals surface area (Å²) in [6, 6.07) is 7.67. The lowest BCUT2D eigenvalue weighted by Crippen LogP contribution is -2.24. The summed E-state index contributed by atoms with van der Waals surface area (Å²) in [5, 5.41) is 5.15. The summed E-state index contributed by atoms with van der Waals surface area (Å²) in [5.74, 6) is 0. The normalized spacial score (nSPS) is 14.3. The molecule has 0 bridgehead atoms. The molecule has 0 atom stereocenters. The molecule has 1 aliphatic heterocycles.